The van der Waals surface area contributed by atoms with E-state index in [0.29, 0.717) is 18.9 Å². The van der Waals surface area contributed by atoms with Crippen LogP contribution in [0.1, 0.15) is 41.5 Å². The molecule has 0 bridgehead atoms. The number of nitrogens with zero attached hydrogens (tertiary/aromatic N) is 3. The summed E-state index contributed by atoms with van der Waals surface area (Å²) in [7, 11) is -2.26. The summed E-state index contributed by atoms with van der Waals surface area (Å²) in [5, 5.41) is 13.7. The summed E-state index contributed by atoms with van der Waals surface area (Å²) in [5.74, 6) is -0.135. The van der Waals surface area contributed by atoms with Crippen LogP contribution in [0, 0.1) is 5.92 Å². The van der Waals surface area contributed by atoms with Crippen LogP contribution in [0.4, 0.5) is 11.6 Å². The van der Waals surface area contributed by atoms with Crippen LogP contribution in [0.5, 0.6) is 0 Å². The van der Waals surface area contributed by atoms with E-state index in [1.165, 1.54) is 26.6 Å². The van der Waals surface area contributed by atoms with Gasteiger partial charge >= 0.3 is 0 Å². The van der Waals surface area contributed by atoms with E-state index < -0.39 is 10.0 Å². The van der Waals surface area contributed by atoms with Crippen molar-refractivity contribution < 1.29 is 13.2 Å². The van der Waals surface area contributed by atoms with Crippen LogP contribution < -0.4 is 10.6 Å². The number of anilines is 2. The van der Waals surface area contributed by atoms with Gasteiger partial charge in [-0.2, -0.15) is 4.31 Å². The molecule has 1 aliphatic heterocycles. The van der Waals surface area contributed by atoms with Crippen molar-refractivity contribution in [3.8, 4) is 0 Å². The SMILES string of the molecule is CNC(=O)C1CCN(S(=O)(=O)c2nnc(Nc3c4c(cc5c3CCC5)CCC4)[nH]2)C1. The van der Waals surface area contributed by atoms with E-state index in [0.717, 1.165) is 44.2 Å². The molecule has 1 aromatic carbocycles. The number of hydrogen-bond acceptors (Lipinski definition) is 6. The van der Waals surface area contributed by atoms with Gasteiger partial charge in [0.1, 0.15) is 0 Å². The molecule has 160 valence electrons. The molecule has 3 N–H and O–H groups in total. The van der Waals surface area contributed by atoms with Gasteiger partial charge in [-0.1, -0.05) is 6.07 Å². The van der Waals surface area contributed by atoms with Gasteiger partial charge in [-0.3, -0.25) is 9.78 Å². The number of aryl methyl sites for hydroxylation is 2. The molecule has 1 atom stereocenters. The largest absolute Gasteiger partial charge is 0.359 e. The summed E-state index contributed by atoms with van der Waals surface area (Å²) in [6.07, 6.45) is 7.02. The average molecular weight is 431 g/mol. The molecule has 3 aliphatic rings. The van der Waals surface area contributed by atoms with Crippen LogP contribution in [0.15, 0.2) is 11.2 Å². The number of H-pyrrole nitrogens is 1. The first-order valence-corrected chi connectivity index (χ1v) is 12.0. The number of aromatic nitrogens is 3. The molecule has 1 aromatic heterocycles. The monoisotopic (exact) mass is 430 g/mol. The summed E-state index contributed by atoms with van der Waals surface area (Å²) in [6.45, 7) is 0.453. The molecule has 2 aliphatic carbocycles. The molecule has 10 heteroatoms. The van der Waals surface area contributed by atoms with Gasteiger partial charge in [0.05, 0.1) is 5.92 Å². The first-order valence-electron chi connectivity index (χ1n) is 10.6. The maximum absolute atomic E-state index is 13.0. The molecule has 0 radical (unpaired) electrons. The molecule has 2 aromatic rings. The lowest BCUT2D eigenvalue weighted by Crippen LogP contribution is -2.33. The summed E-state index contributed by atoms with van der Waals surface area (Å²) in [6, 6.07) is 2.35. The van der Waals surface area contributed by atoms with E-state index in [-0.39, 0.29) is 23.5 Å². The van der Waals surface area contributed by atoms with E-state index in [4.69, 9.17) is 0 Å². The Labute approximate surface area is 175 Å². The van der Waals surface area contributed by atoms with E-state index in [2.05, 4.69) is 31.9 Å². The van der Waals surface area contributed by atoms with Gasteiger partial charge in [-0.25, -0.2) is 8.42 Å². The zero-order valence-electron chi connectivity index (χ0n) is 17.0. The second-order valence-corrected chi connectivity index (χ2v) is 10.2. The number of sulfonamides is 1. The Hall–Kier alpha value is -2.46. The van der Waals surface area contributed by atoms with Gasteiger partial charge < -0.3 is 10.6 Å². The Bertz CT molecular complexity index is 1080. The summed E-state index contributed by atoms with van der Waals surface area (Å²) >= 11 is 0. The molecule has 1 unspecified atom stereocenters. The summed E-state index contributed by atoms with van der Waals surface area (Å²) in [4.78, 5) is 14.7. The molecule has 1 amide bonds. The Balaban J connectivity index is 1.39. The van der Waals surface area contributed by atoms with E-state index in [1.807, 2.05) is 0 Å². The topological polar surface area (TPSA) is 120 Å². The molecular formula is C20H26N6O3S. The third kappa shape index (κ3) is 3.18. The number of carbonyl (C=O) groups excluding carboxylic acids is 1. The van der Waals surface area contributed by atoms with Crippen LogP contribution in [-0.2, 0) is 40.5 Å². The lowest BCUT2D eigenvalue weighted by molar-refractivity contribution is -0.123. The molecule has 0 saturated carbocycles. The lowest BCUT2D eigenvalue weighted by atomic mass is 9.99. The number of rotatable bonds is 5. The van der Waals surface area contributed by atoms with Gasteiger partial charge in [0, 0.05) is 25.8 Å². The van der Waals surface area contributed by atoms with E-state index >= 15 is 0 Å². The first-order chi connectivity index (χ1) is 14.5. The van der Waals surface area contributed by atoms with Crippen molar-refractivity contribution in [3.05, 3.63) is 28.3 Å². The number of benzene rings is 1. The number of carbonyl (C=O) groups is 1. The highest BCUT2D eigenvalue weighted by Gasteiger charge is 2.37. The first kappa shape index (κ1) is 19.5. The van der Waals surface area contributed by atoms with Gasteiger partial charge in [-0.15, -0.1) is 10.2 Å². The highest BCUT2D eigenvalue weighted by Crippen LogP contribution is 2.39. The minimum atomic E-state index is -3.82. The predicted octanol–water partition coefficient (Wildman–Crippen LogP) is 1.28. The van der Waals surface area contributed by atoms with E-state index in [9.17, 15) is 13.2 Å². The zero-order valence-corrected chi connectivity index (χ0v) is 17.8. The number of nitrogens with one attached hydrogen (secondary N) is 3. The van der Waals surface area contributed by atoms with Crippen molar-refractivity contribution in [3.63, 3.8) is 0 Å². The predicted molar refractivity (Wildman–Crippen MR) is 111 cm³/mol. The Morgan fingerprint density at radius 2 is 1.83 bits per heavy atom. The zero-order chi connectivity index (χ0) is 20.9. The molecule has 5 rings (SSSR count). The standard InChI is InChI=1S/C20H26N6O3S/c1-21-18(27)14-8-9-26(11-14)30(28,29)20-23-19(24-25-20)22-17-15-6-2-4-12(15)10-13-5-3-7-16(13)17/h10,14H,2-9,11H2,1H3,(H,21,27)(H2,22,23,24,25). The van der Waals surface area contributed by atoms with Crippen molar-refractivity contribution in [2.75, 3.05) is 25.5 Å². The van der Waals surface area contributed by atoms with Crippen LogP contribution in [0.2, 0.25) is 0 Å². The summed E-state index contributed by atoms with van der Waals surface area (Å²) in [5.41, 5.74) is 6.51. The van der Waals surface area contributed by atoms with Gasteiger partial charge in [0.25, 0.3) is 15.2 Å². The maximum atomic E-state index is 13.0. The fraction of sp³-hybridized carbons (Fsp3) is 0.550. The highest BCUT2D eigenvalue weighted by atomic mass is 32.2. The number of fused-ring (bicyclic) bond motifs is 2. The van der Waals surface area contributed by atoms with Gasteiger partial charge in [0.15, 0.2) is 0 Å². The molecular weight excluding hydrogens is 404 g/mol. The number of aromatic amines is 1. The van der Waals surface area contributed by atoms with Crippen molar-refractivity contribution in [1.29, 1.82) is 0 Å². The Kier molecular flexibility index (Phi) is 4.78. The lowest BCUT2D eigenvalue weighted by Gasteiger charge is -2.15. The number of amides is 1. The smallest absolute Gasteiger partial charge is 0.278 e. The van der Waals surface area contributed by atoms with Crippen LogP contribution in [0.3, 0.4) is 0 Å². The minimum Gasteiger partial charge on any atom is -0.359 e. The minimum absolute atomic E-state index is 0.139. The van der Waals surface area contributed by atoms with Crippen molar-refractivity contribution in [1.82, 2.24) is 24.8 Å². The Morgan fingerprint density at radius 3 is 2.50 bits per heavy atom. The quantitative estimate of drug-likeness (QED) is 0.657. The maximum Gasteiger partial charge on any atom is 0.278 e. The fourth-order valence-corrected chi connectivity index (χ4v) is 6.33. The normalized spacial score (nSPS) is 20.9. The van der Waals surface area contributed by atoms with Crippen molar-refractivity contribution in [2.24, 2.45) is 5.92 Å². The van der Waals surface area contributed by atoms with Crippen molar-refractivity contribution in [2.45, 2.75) is 50.1 Å². The van der Waals surface area contributed by atoms with Gasteiger partial charge in [0.2, 0.25) is 11.9 Å². The van der Waals surface area contributed by atoms with Crippen LogP contribution in [-0.4, -0.2) is 53.9 Å². The molecule has 30 heavy (non-hydrogen) atoms. The van der Waals surface area contributed by atoms with Crippen molar-refractivity contribution >= 4 is 27.6 Å². The van der Waals surface area contributed by atoms with E-state index in [1.54, 1.807) is 7.05 Å². The molecule has 0 spiro atoms. The third-order valence-corrected chi connectivity index (χ3v) is 8.22. The highest BCUT2D eigenvalue weighted by molar-refractivity contribution is 7.89. The van der Waals surface area contributed by atoms with Gasteiger partial charge in [-0.05, 0) is 67.2 Å². The van der Waals surface area contributed by atoms with Crippen LogP contribution >= 0.6 is 0 Å². The second-order valence-electron chi connectivity index (χ2n) is 8.30. The molecule has 1 fully saturated rings. The molecule has 9 nitrogen and oxygen atoms in total. The average Bonchev–Trinajstić information content (AvgIpc) is 3.53. The third-order valence-electron chi connectivity index (χ3n) is 6.54. The van der Waals surface area contributed by atoms with Crippen LogP contribution in [0.25, 0.3) is 0 Å². The Morgan fingerprint density at radius 1 is 1.13 bits per heavy atom. The molecule has 2 heterocycles. The second kappa shape index (κ2) is 7.35. The molecule has 1 saturated heterocycles. The fourth-order valence-electron chi connectivity index (χ4n) is 4.99. The summed E-state index contributed by atoms with van der Waals surface area (Å²) < 4.78 is 27.2. The number of hydrogen-bond donors (Lipinski definition) is 3.